The molecule has 6 aliphatic rings. The van der Waals surface area contributed by atoms with E-state index in [-0.39, 0.29) is 52.8 Å². The summed E-state index contributed by atoms with van der Waals surface area (Å²) in [5.41, 5.74) is -2.99. The van der Waals surface area contributed by atoms with Crippen molar-refractivity contribution in [1.29, 1.82) is 0 Å². The van der Waals surface area contributed by atoms with Gasteiger partial charge in [0.2, 0.25) is 0 Å². The highest BCUT2D eigenvalue weighted by Gasteiger charge is 2.88. The summed E-state index contributed by atoms with van der Waals surface area (Å²) in [5.74, 6) is -0.0121. The lowest BCUT2D eigenvalue weighted by Crippen LogP contribution is -2.81. The Morgan fingerprint density at radius 2 is 1.84 bits per heavy atom. The Kier molecular flexibility index (Phi) is 4.41. The van der Waals surface area contributed by atoms with Crippen LogP contribution in [0.5, 0.6) is 0 Å². The monoisotopic (exact) mass is 437 g/mol. The Bertz CT molecular complexity index is 766. The zero-order chi connectivity index (χ0) is 22.0. The van der Waals surface area contributed by atoms with Gasteiger partial charge in [-0.2, -0.15) is 0 Å². The van der Waals surface area contributed by atoms with Crippen LogP contribution < -0.4 is 0 Å². The molecule has 0 radical (unpaired) electrons. The third-order valence-electron chi connectivity index (χ3n) is 11.3. The fraction of sp³-hybridized carbons (Fsp3) is 1.00. The highest BCUT2D eigenvalue weighted by Crippen LogP contribution is 2.80. The van der Waals surface area contributed by atoms with Crippen molar-refractivity contribution < 1.29 is 29.5 Å². The van der Waals surface area contributed by atoms with Crippen LogP contribution in [0.15, 0.2) is 0 Å². The molecule has 0 amide bonds. The molecule has 1 aliphatic heterocycles. The topological polar surface area (TPSA) is 91.6 Å². The number of ether oxygens (including phenoxy) is 3. The van der Waals surface area contributed by atoms with Crippen molar-refractivity contribution in [3.05, 3.63) is 0 Å². The van der Waals surface area contributed by atoms with Gasteiger partial charge in [-0.05, 0) is 44.1 Å². The molecule has 0 aromatic rings. The van der Waals surface area contributed by atoms with Crippen molar-refractivity contribution in [2.24, 2.45) is 34.5 Å². The minimum atomic E-state index is -1.35. The molecule has 6 fully saturated rings. The van der Waals surface area contributed by atoms with Crippen molar-refractivity contribution in [1.82, 2.24) is 4.90 Å². The average Bonchev–Trinajstić information content (AvgIpc) is 3.12. The third-order valence-corrected chi connectivity index (χ3v) is 11.3. The Morgan fingerprint density at radius 1 is 1.06 bits per heavy atom. The van der Waals surface area contributed by atoms with Gasteiger partial charge in [0.25, 0.3) is 0 Å². The second kappa shape index (κ2) is 6.44. The van der Waals surface area contributed by atoms with Gasteiger partial charge in [0.1, 0.15) is 11.2 Å². The predicted octanol–water partition coefficient (Wildman–Crippen LogP) is 0.646. The van der Waals surface area contributed by atoms with Crippen LogP contribution in [0.1, 0.15) is 39.0 Å². The van der Waals surface area contributed by atoms with Gasteiger partial charge in [-0.15, -0.1) is 0 Å². The van der Waals surface area contributed by atoms with E-state index in [1.54, 1.807) is 14.2 Å². The highest BCUT2D eigenvalue weighted by atomic mass is 16.5. The Labute approximate surface area is 185 Å². The van der Waals surface area contributed by atoms with Crippen molar-refractivity contribution >= 4 is 0 Å². The van der Waals surface area contributed by atoms with Gasteiger partial charge in [-0.25, -0.2) is 0 Å². The molecule has 12 atom stereocenters. The normalized spacial score (nSPS) is 61.6. The molecular formula is C24H39NO6. The van der Waals surface area contributed by atoms with E-state index in [0.29, 0.717) is 19.4 Å². The summed E-state index contributed by atoms with van der Waals surface area (Å²) < 4.78 is 17.9. The summed E-state index contributed by atoms with van der Waals surface area (Å²) in [6, 6.07) is -0.168. The van der Waals surface area contributed by atoms with Gasteiger partial charge in [0.15, 0.2) is 0 Å². The van der Waals surface area contributed by atoms with E-state index in [2.05, 4.69) is 11.8 Å². The van der Waals surface area contributed by atoms with E-state index in [4.69, 9.17) is 14.2 Å². The number of rotatable bonds is 5. The maximum Gasteiger partial charge on any atom is 0.110 e. The Morgan fingerprint density at radius 3 is 2.48 bits per heavy atom. The van der Waals surface area contributed by atoms with Crippen LogP contribution in [0.2, 0.25) is 0 Å². The van der Waals surface area contributed by atoms with Crippen molar-refractivity contribution in [2.45, 2.75) is 74.6 Å². The number of hydrogen-bond acceptors (Lipinski definition) is 7. The zero-order valence-electron chi connectivity index (χ0n) is 19.3. The molecule has 6 rings (SSSR count). The largest absolute Gasteiger partial charge is 0.392 e. The molecule has 1 heterocycles. The minimum Gasteiger partial charge on any atom is -0.392 e. The molecule has 3 N–H and O–H groups in total. The number of nitrogens with zero attached hydrogens (tertiary/aromatic N) is 1. The lowest BCUT2D eigenvalue weighted by atomic mass is 9.42. The maximum absolute atomic E-state index is 12.6. The van der Waals surface area contributed by atoms with Gasteiger partial charge in [0, 0.05) is 63.0 Å². The lowest BCUT2D eigenvalue weighted by Gasteiger charge is -2.70. The zero-order valence-corrected chi connectivity index (χ0v) is 19.3. The number of aliphatic hydroxyl groups excluding tert-OH is 1. The Balaban J connectivity index is 1.62. The fourth-order valence-corrected chi connectivity index (χ4v) is 10.6. The second-order valence-electron chi connectivity index (χ2n) is 11.6. The number of likely N-dealkylation sites (tertiary alicyclic amines) is 1. The number of likely N-dealkylation sites (N-methyl/N-ethyl adjacent to an activating group) is 1. The van der Waals surface area contributed by atoms with Gasteiger partial charge < -0.3 is 29.5 Å². The van der Waals surface area contributed by atoms with E-state index < -0.39 is 17.3 Å². The van der Waals surface area contributed by atoms with Crippen LogP contribution >= 0.6 is 0 Å². The molecule has 5 aliphatic carbocycles. The summed E-state index contributed by atoms with van der Waals surface area (Å²) in [4.78, 5) is 2.43. The van der Waals surface area contributed by atoms with E-state index in [1.807, 2.05) is 7.11 Å². The number of aliphatic hydroxyl groups is 3. The quantitative estimate of drug-likeness (QED) is 0.582. The molecule has 1 spiro atoms. The first-order valence-corrected chi connectivity index (χ1v) is 12.2. The van der Waals surface area contributed by atoms with Crippen LogP contribution in [0.4, 0.5) is 0 Å². The standard InChI is InChI=1S/C24H39NO6/c1-5-25-11-21(12-29-2)7-6-17(31-4)24-14-8-13-15(30-3)9-22(27,18(14)19(13)26)23(28,20(24)25)10-16(21)24/h13-20,26-28H,5-12H2,1-4H3/t13-,14-,15+,16-,17+,18-,19+,20-,21+,22-,23-,24-/m1/s1. The van der Waals surface area contributed by atoms with Crippen molar-refractivity contribution in [3.63, 3.8) is 0 Å². The van der Waals surface area contributed by atoms with Crippen LogP contribution in [0.25, 0.3) is 0 Å². The summed E-state index contributed by atoms with van der Waals surface area (Å²) in [6.45, 7) is 4.53. The fourth-order valence-electron chi connectivity index (χ4n) is 10.6. The van der Waals surface area contributed by atoms with Crippen LogP contribution in [-0.4, -0.2) is 96.8 Å². The first kappa shape index (κ1) is 21.3. The molecule has 176 valence electrons. The number of fused-ring (bicyclic) bond motifs is 2. The van der Waals surface area contributed by atoms with Gasteiger partial charge in [-0.3, -0.25) is 4.90 Å². The first-order valence-electron chi connectivity index (χ1n) is 12.2. The minimum absolute atomic E-state index is 0.00432. The Hall–Kier alpha value is -0.280. The average molecular weight is 438 g/mol. The van der Waals surface area contributed by atoms with Gasteiger partial charge in [0.05, 0.1) is 24.9 Å². The number of methoxy groups -OCH3 is 3. The van der Waals surface area contributed by atoms with E-state index in [1.165, 1.54) is 0 Å². The second-order valence-corrected chi connectivity index (χ2v) is 11.6. The number of piperidine rings is 1. The van der Waals surface area contributed by atoms with Crippen molar-refractivity contribution in [2.75, 3.05) is 41.0 Å². The molecule has 7 nitrogen and oxygen atoms in total. The predicted molar refractivity (Wildman–Crippen MR) is 112 cm³/mol. The van der Waals surface area contributed by atoms with Crippen LogP contribution in [-0.2, 0) is 14.2 Å². The summed E-state index contributed by atoms with van der Waals surface area (Å²) >= 11 is 0. The summed E-state index contributed by atoms with van der Waals surface area (Å²) in [5, 5.41) is 36.4. The summed E-state index contributed by atoms with van der Waals surface area (Å²) in [6.07, 6.45) is 2.86. The first-order chi connectivity index (χ1) is 14.8. The number of hydrogen-bond donors (Lipinski definition) is 3. The molecule has 7 bridgehead atoms. The van der Waals surface area contributed by atoms with Gasteiger partial charge in [-0.1, -0.05) is 6.92 Å². The highest BCUT2D eigenvalue weighted by molar-refractivity contribution is 5.38. The van der Waals surface area contributed by atoms with E-state index >= 15 is 0 Å². The molecule has 1 saturated heterocycles. The molecule has 0 aromatic carbocycles. The SMILES string of the molecule is CCN1C[C@]2(COC)CC[C@H](OC)[C@@]34[C@@H]5C[C@H]6[C@H](O)[C@@H]5[C@](O)(C[C@@H]6OC)[C@@](O)(C[C@H]23)[C@@H]14. The van der Waals surface area contributed by atoms with E-state index in [9.17, 15) is 15.3 Å². The van der Waals surface area contributed by atoms with Gasteiger partial charge >= 0.3 is 0 Å². The molecule has 7 heteroatoms. The van der Waals surface area contributed by atoms with Crippen LogP contribution in [0, 0.1) is 34.5 Å². The molecule has 0 unspecified atom stereocenters. The summed E-state index contributed by atoms with van der Waals surface area (Å²) in [7, 11) is 5.26. The smallest absolute Gasteiger partial charge is 0.110 e. The molecule has 5 saturated carbocycles. The van der Waals surface area contributed by atoms with Crippen LogP contribution in [0.3, 0.4) is 0 Å². The molecule has 31 heavy (non-hydrogen) atoms. The molecule has 0 aromatic heterocycles. The molecular weight excluding hydrogens is 398 g/mol. The van der Waals surface area contributed by atoms with Crippen molar-refractivity contribution in [3.8, 4) is 0 Å². The van der Waals surface area contributed by atoms with E-state index in [0.717, 1.165) is 32.4 Å². The maximum atomic E-state index is 12.6. The lowest BCUT2D eigenvalue weighted by molar-refractivity contribution is -0.314. The third kappa shape index (κ3) is 2.04.